The van der Waals surface area contributed by atoms with Gasteiger partial charge in [-0.1, -0.05) is 32.0 Å². The van der Waals surface area contributed by atoms with Crippen molar-refractivity contribution in [1.82, 2.24) is 5.32 Å². The van der Waals surface area contributed by atoms with Gasteiger partial charge in [0, 0.05) is 24.8 Å². The first-order valence-corrected chi connectivity index (χ1v) is 7.03. The van der Waals surface area contributed by atoms with Gasteiger partial charge in [0.2, 0.25) is 0 Å². The van der Waals surface area contributed by atoms with Gasteiger partial charge in [0.15, 0.2) is 0 Å². The van der Waals surface area contributed by atoms with Crippen LogP contribution in [0.4, 0.5) is 5.69 Å². The summed E-state index contributed by atoms with van der Waals surface area (Å²) in [5, 5.41) is 3.31. The van der Waals surface area contributed by atoms with E-state index in [9.17, 15) is 0 Å². The highest BCUT2D eigenvalue weighted by molar-refractivity contribution is 5.56. The van der Waals surface area contributed by atoms with E-state index < -0.39 is 0 Å². The normalized spacial score (nSPS) is 19.8. The van der Waals surface area contributed by atoms with E-state index in [0.29, 0.717) is 11.5 Å². The van der Waals surface area contributed by atoms with Crippen LogP contribution >= 0.6 is 0 Å². The van der Waals surface area contributed by atoms with E-state index in [4.69, 9.17) is 0 Å². The number of nitrogens with zero attached hydrogens (tertiary/aromatic N) is 1. The van der Waals surface area contributed by atoms with Crippen LogP contribution in [0.15, 0.2) is 24.3 Å². The van der Waals surface area contributed by atoms with Gasteiger partial charge >= 0.3 is 0 Å². The number of nitrogens with one attached hydrogen (secondary N) is 1. The highest BCUT2D eigenvalue weighted by Crippen LogP contribution is 2.32. The molecule has 2 rings (SSSR count). The first kappa shape index (κ1) is 13.4. The molecular weight excluding hydrogens is 220 g/mol. The molecule has 1 atom stereocenters. The number of para-hydroxylation sites is 1. The van der Waals surface area contributed by atoms with Crippen molar-refractivity contribution in [2.75, 3.05) is 25.0 Å². The summed E-state index contributed by atoms with van der Waals surface area (Å²) in [6.45, 7) is 9.21. The Balaban J connectivity index is 2.21. The first-order chi connectivity index (χ1) is 8.53. The number of benzene rings is 1. The molecule has 0 spiro atoms. The summed E-state index contributed by atoms with van der Waals surface area (Å²) in [5.74, 6) is 0. The van der Waals surface area contributed by atoms with E-state index in [1.807, 2.05) is 7.05 Å². The van der Waals surface area contributed by atoms with E-state index in [-0.39, 0.29) is 0 Å². The van der Waals surface area contributed by atoms with Crippen LogP contribution in [0.5, 0.6) is 0 Å². The van der Waals surface area contributed by atoms with Crippen molar-refractivity contribution >= 4 is 5.69 Å². The maximum Gasteiger partial charge on any atom is 0.0401 e. The standard InChI is InChI=1S/C16H26N2/c1-13-9-10-14-7-5-6-8-15(14)18(13)12-16(2,3)11-17-4/h5-8,13,17H,9-12H2,1-4H3. The molecule has 1 heterocycles. The molecule has 2 heteroatoms. The highest BCUT2D eigenvalue weighted by Gasteiger charge is 2.28. The number of hydrogen-bond acceptors (Lipinski definition) is 2. The number of fused-ring (bicyclic) bond motifs is 1. The van der Waals surface area contributed by atoms with Crippen LogP contribution in [0.1, 0.15) is 32.8 Å². The van der Waals surface area contributed by atoms with E-state index in [0.717, 1.165) is 13.1 Å². The SMILES string of the molecule is CNCC(C)(C)CN1c2ccccc2CCC1C. The maximum atomic E-state index is 3.31. The number of aryl methyl sites for hydroxylation is 1. The summed E-state index contributed by atoms with van der Waals surface area (Å²) < 4.78 is 0. The Morgan fingerprint density at radius 2 is 2.06 bits per heavy atom. The van der Waals surface area contributed by atoms with Gasteiger partial charge in [-0.2, -0.15) is 0 Å². The van der Waals surface area contributed by atoms with Gasteiger partial charge in [0.05, 0.1) is 0 Å². The quantitative estimate of drug-likeness (QED) is 0.878. The Morgan fingerprint density at radius 1 is 1.33 bits per heavy atom. The molecule has 0 aliphatic carbocycles. The predicted octanol–water partition coefficient (Wildman–Crippen LogP) is 3.07. The van der Waals surface area contributed by atoms with Gasteiger partial charge in [-0.15, -0.1) is 0 Å². The zero-order chi connectivity index (χ0) is 13.2. The minimum absolute atomic E-state index is 0.299. The monoisotopic (exact) mass is 246 g/mol. The van der Waals surface area contributed by atoms with Crippen molar-refractivity contribution in [3.05, 3.63) is 29.8 Å². The Hall–Kier alpha value is -1.02. The molecule has 0 aromatic heterocycles. The minimum Gasteiger partial charge on any atom is -0.368 e. The van der Waals surface area contributed by atoms with Crippen molar-refractivity contribution in [2.45, 2.75) is 39.7 Å². The molecule has 0 saturated carbocycles. The fraction of sp³-hybridized carbons (Fsp3) is 0.625. The molecule has 18 heavy (non-hydrogen) atoms. The molecule has 1 aliphatic heterocycles. The zero-order valence-corrected chi connectivity index (χ0v) is 12.2. The van der Waals surface area contributed by atoms with Gasteiger partial charge in [-0.05, 0) is 43.9 Å². The van der Waals surface area contributed by atoms with Crippen molar-refractivity contribution in [3.8, 4) is 0 Å². The Morgan fingerprint density at radius 3 is 2.78 bits per heavy atom. The molecule has 0 radical (unpaired) electrons. The third-order valence-electron chi connectivity index (χ3n) is 3.92. The van der Waals surface area contributed by atoms with E-state index in [1.165, 1.54) is 24.1 Å². The lowest BCUT2D eigenvalue weighted by Gasteiger charge is -2.42. The fourth-order valence-corrected chi connectivity index (χ4v) is 3.00. The molecule has 0 saturated heterocycles. The fourth-order valence-electron chi connectivity index (χ4n) is 3.00. The second-order valence-corrected chi connectivity index (χ2v) is 6.34. The lowest BCUT2D eigenvalue weighted by molar-refractivity contribution is 0.336. The first-order valence-electron chi connectivity index (χ1n) is 7.03. The number of hydrogen-bond donors (Lipinski definition) is 1. The second kappa shape index (κ2) is 5.31. The molecular formula is C16H26N2. The molecule has 1 aliphatic rings. The van der Waals surface area contributed by atoms with Gasteiger partial charge in [-0.25, -0.2) is 0 Å². The summed E-state index contributed by atoms with van der Waals surface area (Å²) in [4.78, 5) is 2.59. The van der Waals surface area contributed by atoms with Crippen LogP contribution in [0.25, 0.3) is 0 Å². The van der Waals surface area contributed by atoms with E-state index in [1.54, 1.807) is 0 Å². The van der Waals surface area contributed by atoms with Crippen molar-refractivity contribution in [1.29, 1.82) is 0 Å². The molecule has 1 unspecified atom stereocenters. The summed E-state index contributed by atoms with van der Waals surface area (Å²) in [7, 11) is 2.04. The molecule has 1 N–H and O–H groups in total. The lowest BCUT2D eigenvalue weighted by Crippen LogP contribution is -2.46. The Labute approximate surface area is 111 Å². The smallest absolute Gasteiger partial charge is 0.0401 e. The molecule has 1 aromatic carbocycles. The molecule has 100 valence electrons. The van der Waals surface area contributed by atoms with Crippen molar-refractivity contribution < 1.29 is 0 Å². The van der Waals surface area contributed by atoms with Gasteiger partial charge in [-0.3, -0.25) is 0 Å². The molecule has 0 amide bonds. The number of anilines is 1. The number of rotatable bonds is 4. The predicted molar refractivity (Wildman–Crippen MR) is 79.3 cm³/mol. The van der Waals surface area contributed by atoms with Gasteiger partial charge < -0.3 is 10.2 Å². The zero-order valence-electron chi connectivity index (χ0n) is 12.2. The van der Waals surface area contributed by atoms with Crippen LogP contribution < -0.4 is 10.2 Å². The summed E-state index contributed by atoms with van der Waals surface area (Å²) in [6.07, 6.45) is 2.49. The summed E-state index contributed by atoms with van der Waals surface area (Å²) in [5.41, 5.74) is 3.25. The minimum atomic E-state index is 0.299. The summed E-state index contributed by atoms with van der Waals surface area (Å²) in [6, 6.07) is 9.52. The lowest BCUT2D eigenvalue weighted by atomic mass is 9.89. The Kier molecular flexibility index (Phi) is 3.96. The van der Waals surface area contributed by atoms with Gasteiger partial charge in [0.25, 0.3) is 0 Å². The maximum absolute atomic E-state index is 3.31. The van der Waals surface area contributed by atoms with Crippen LogP contribution in [0, 0.1) is 5.41 Å². The van der Waals surface area contributed by atoms with Crippen LogP contribution in [-0.2, 0) is 6.42 Å². The molecule has 2 nitrogen and oxygen atoms in total. The van der Waals surface area contributed by atoms with Gasteiger partial charge in [0.1, 0.15) is 0 Å². The van der Waals surface area contributed by atoms with Crippen LogP contribution in [0.3, 0.4) is 0 Å². The van der Waals surface area contributed by atoms with Crippen molar-refractivity contribution in [3.63, 3.8) is 0 Å². The highest BCUT2D eigenvalue weighted by atomic mass is 15.2. The average Bonchev–Trinajstić information content (AvgIpc) is 2.33. The van der Waals surface area contributed by atoms with Crippen LogP contribution in [-0.4, -0.2) is 26.2 Å². The largest absolute Gasteiger partial charge is 0.368 e. The topological polar surface area (TPSA) is 15.3 Å². The van der Waals surface area contributed by atoms with Crippen molar-refractivity contribution in [2.24, 2.45) is 5.41 Å². The third kappa shape index (κ3) is 2.86. The average molecular weight is 246 g/mol. The second-order valence-electron chi connectivity index (χ2n) is 6.34. The van der Waals surface area contributed by atoms with E-state index >= 15 is 0 Å². The molecule has 1 aromatic rings. The summed E-state index contributed by atoms with van der Waals surface area (Å²) >= 11 is 0. The molecule has 0 fully saturated rings. The molecule has 0 bridgehead atoms. The Bertz CT molecular complexity index is 398. The van der Waals surface area contributed by atoms with Crippen LogP contribution in [0.2, 0.25) is 0 Å². The van der Waals surface area contributed by atoms with E-state index in [2.05, 4.69) is 55.3 Å². The third-order valence-corrected chi connectivity index (χ3v) is 3.92.